The number of rotatable bonds is 8. The van der Waals surface area contributed by atoms with Crippen molar-refractivity contribution in [1.82, 2.24) is 4.98 Å². The van der Waals surface area contributed by atoms with Gasteiger partial charge in [0.05, 0.1) is 17.9 Å². The molecule has 2 aromatic rings. The topological polar surface area (TPSA) is 115 Å². The van der Waals surface area contributed by atoms with E-state index in [9.17, 15) is 13.2 Å². The van der Waals surface area contributed by atoms with E-state index in [1.807, 2.05) is 18.2 Å². The van der Waals surface area contributed by atoms with Gasteiger partial charge >= 0.3 is 0 Å². The van der Waals surface area contributed by atoms with Crippen LogP contribution in [0.1, 0.15) is 79.3 Å². The third-order valence-corrected chi connectivity index (χ3v) is 8.99. The highest BCUT2D eigenvalue weighted by atomic mass is 32.2. The Balaban J connectivity index is 1.16. The molecule has 0 amide bonds. The van der Waals surface area contributed by atoms with Crippen LogP contribution in [0.25, 0.3) is 0 Å². The summed E-state index contributed by atoms with van der Waals surface area (Å²) < 4.78 is 33.7. The van der Waals surface area contributed by atoms with Gasteiger partial charge in [-0.2, -0.15) is 0 Å². The van der Waals surface area contributed by atoms with E-state index in [4.69, 9.17) is 10.5 Å². The molecule has 0 radical (unpaired) electrons. The number of carbonyl (C=O) groups is 1. The number of pyridine rings is 1. The Morgan fingerprint density at radius 1 is 1.05 bits per heavy atom. The number of piperidine rings is 1. The molecule has 1 aromatic carbocycles. The van der Waals surface area contributed by atoms with Crippen molar-refractivity contribution in [2.24, 2.45) is 22.0 Å². The molecule has 5 rings (SSSR count). The largest absolute Gasteiger partial charge is 0.492 e. The van der Waals surface area contributed by atoms with Crippen molar-refractivity contribution in [1.29, 1.82) is 0 Å². The first-order valence-corrected chi connectivity index (χ1v) is 15.1. The number of ketones is 1. The molecule has 0 bridgehead atoms. The Bertz CT molecular complexity index is 1250. The molecular formula is C28H36N4O4S. The molecule has 0 spiro atoms. The highest BCUT2D eigenvalue weighted by molar-refractivity contribution is 7.89. The first-order valence-electron chi connectivity index (χ1n) is 13.5. The molecule has 37 heavy (non-hydrogen) atoms. The first kappa shape index (κ1) is 25.7. The van der Waals surface area contributed by atoms with Crippen molar-refractivity contribution >= 4 is 27.5 Å². The standard InChI is InChI=1S/C28H36N4O4S/c29-28-27-23(19-37(34,35)31-28)9-4-10-25(27)36-18-21-8-5-15-32(17-21)26-14-12-22(16-30-26)24(33)13-11-20-6-2-1-3-7-20/h4,9-10,12,14,16,20-21H,1-3,5-8,11,13,15,17-19H2,(H2,29,31)/t21-/m0/s1. The number of hydrogen-bond acceptors (Lipinski definition) is 7. The molecule has 1 atom stereocenters. The van der Waals surface area contributed by atoms with Crippen LogP contribution in [0.3, 0.4) is 0 Å². The highest BCUT2D eigenvalue weighted by Crippen LogP contribution is 2.30. The third kappa shape index (κ3) is 6.32. The molecule has 1 aromatic heterocycles. The fourth-order valence-electron chi connectivity index (χ4n) is 5.84. The van der Waals surface area contributed by atoms with Gasteiger partial charge < -0.3 is 15.4 Å². The zero-order valence-corrected chi connectivity index (χ0v) is 22.1. The fourth-order valence-corrected chi connectivity index (χ4v) is 6.93. The Hall–Kier alpha value is -2.94. The molecule has 1 saturated heterocycles. The minimum atomic E-state index is -3.58. The number of nitrogens with two attached hydrogens (primary N) is 1. The summed E-state index contributed by atoms with van der Waals surface area (Å²) in [5.41, 5.74) is 7.87. The van der Waals surface area contributed by atoms with E-state index in [0.29, 0.717) is 41.4 Å². The number of fused-ring (bicyclic) bond motifs is 1. The molecule has 2 aliphatic heterocycles. The van der Waals surface area contributed by atoms with E-state index in [1.165, 1.54) is 32.1 Å². The molecule has 8 nitrogen and oxygen atoms in total. The summed E-state index contributed by atoms with van der Waals surface area (Å²) in [5, 5.41) is 0. The second-order valence-corrected chi connectivity index (χ2v) is 12.3. The molecule has 1 saturated carbocycles. The normalized spacial score (nSPS) is 21.7. The number of sulfonamides is 1. The first-order chi connectivity index (χ1) is 17.9. The summed E-state index contributed by atoms with van der Waals surface area (Å²) >= 11 is 0. The van der Waals surface area contributed by atoms with Crippen LogP contribution in [-0.4, -0.2) is 44.7 Å². The van der Waals surface area contributed by atoms with Crippen LogP contribution in [0.4, 0.5) is 5.82 Å². The van der Waals surface area contributed by atoms with Gasteiger partial charge in [-0.1, -0.05) is 44.2 Å². The third-order valence-electron chi connectivity index (χ3n) is 7.84. The lowest BCUT2D eigenvalue weighted by atomic mass is 9.85. The number of ether oxygens (including phenoxy) is 1. The van der Waals surface area contributed by atoms with E-state index < -0.39 is 10.0 Å². The number of carbonyl (C=O) groups excluding carboxylic acids is 1. The number of hydrogen-bond donors (Lipinski definition) is 1. The number of nitrogens with zero attached hydrogens (tertiary/aromatic N) is 3. The lowest BCUT2D eigenvalue weighted by molar-refractivity contribution is 0.0970. The van der Waals surface area contributed by atoms with Crippen LogP contribution in [0.5, 0.6) is 5.75 Å². The number of anilines is 1. The van der Waals surface area contributed by atoms with Gasteiger partial charge in [0.1, 0.15) is 17.4 Å². The SMILES string of the molecule is NC1=NS(=O)(=O)Cc2cccc(OC[C@H]3CCCN(c4ccc(C(=O)CCC5CCCCC5)cn4)C3)c21. The van der Waals surface area contributed by atoms with Crippen molar-refractivity contribution in [2.75, 3.05) is 24.6 Å². The molecule has 3 heterocycles. The molecule has 0 unspecified atom stereocenters. The summed E-state index contributed by atoms with van der Waals surface area (Å²) in [6.45, 7) is 2.20. The minimum Gasteiger partial charge on any atom is -0.492 e. The van der Waals surface area contributed by atoms with E-state index in [1.54, 1.807) is 18.3 Å². The van der Waals surface area contributed by atoms with Crippen LogP contribution in [-0.2, 0) is 15.8 Å². The van der Waals surface area contributed by atoms with Gasteiger partial charge in [0.15, 0.2) is 5.78 Å². The van der Waals surface area contributed by atoms with Gasteiger partial charge in [0, 0.05) is 37.2 Å². The van der Waals surface area contributed by atoms with Gasteiger partial charge in [-0.25, -0.2) is 13.4 Å². The Kier molecular flexibility index (Phi) is 7.79. The number of Topliss-reactive ketones (excluding diaryl/α,β-unsaturated/α-hetero) is 1. The zero-order chi connectivity index (χ0) is 25.8. The molecule has 2 fully saturated rings. The molecule has 2 N–H and O–H groups in total. The van der Waals surface area contributed by atoms with Crippen LogP contribution < -0.4 is 15.4 Å². The summed E-state index contributed by atoms with van der Waals surface area (Å²) in [7, 11) is -3.58. The predicted molar refractivity (Wildman–Crippen MR) is 145 cm³/mol. The fraction of sp³-hybridized carbons (Fsp3) is 0.536. The van der Waals surface area contributed by atoms with Gasteiger partial charge in [0.2, 0.25) is 0 Å². The van der Waals surface area contributed by atoms with E-state index in [-0.39, 0.29) is 23.3 Å². The summed E-state index contributed by atoms with van der Waals surface area (Å²) in [6, 6.07) is 9.22. The average Bonchev–Trinajstić information content (AvgIpc) is 2.90. The maximum atomic E-state index is 12.7. The minimum absolute atomic E-state index is 0.0142. The maximum Gasteiger partial charge on any atom is 0.259 e. The summed E-state index contributed by atoms with van der Waals surface area (Å²) in [5.74, 6) is 2.45. The van der Waals surface area contributed by atoms with Crippen molar-refractivity contribution in [2.45, 2.75) is 63.5 Å². The lowest BCUT2D eigenvalue weighted by Crippen LogP contribution is -2.38. The Morgan fingerprint density at radius 3 is 2.65 bits per heavy atom. The van der Waals surface area contributed by atoms with Crippen molar-refractivity contribution in [3.63, 3.8) is 0 Å². The molecule has 3 aliphatic rings. The van der Waals surface area contributed by atoms with Crippen LogP contribution in [0, 0.1) is 11.8 Å². The highest BCUT2D eigenvalue weighted by Gasteiger charge is 2.27. The maximum absolute atomic E-state index is 12.7. The number of benzene rings is 1. The van der Waals surface area contributed by atoms with Gasteiger partial charge in [-0.15, -0.1) is 4.40 Å². The van der Waals surface area contributed by atoms with E-state index in [2.05, 4.69) is 14.3 Å². The van der Waals surface area contributed by atoms with Crippen LogP contribution in [0.15, 0.2) is 40.9 Å². The molecule has 1 aliphatic carbocycles. The summed E-state index contributed by atoms with van der Waals surface area (Å²) in [6.07, 6.45) is 11.8. The monoisotopic (exact) mass is 524 g/mol. The molecule has 198 valence electrons. The van der Waals surface area contributed by atoms with Crippen molar-refractivity contribution in [3.05, 3.63) is 53.2 Å². The van der Waals surface area contributed by atoms with Gasteiger partial charge in [0.25, 0.3) is 10.0 Å². The van der Waals surface area contributed by atoms with Crippen molar-refractivity contribution in [3.8, 4) is 5.75 Å². The molecule has 9 heteroatoms. The van der Waals surface area contributed by atoms with E-state index in [0.717, 1.165) is 38.2 Å². The van der Waals surface area contributed by atoms with Gasteiger partial charge in [-0.3, -0.25) is 4.79 Å². The van der Waals surface area contributed by atoms with Crippen LogP contribution >= 0.6 is 0 Å². The smallest absolute Gasteiger partial charge is 0.259 e. The van der Waals surface area contributed by atoms with Gasteiger partial charge in [-0.05, 0) is 48.9 Å². The van der Waals surface area contributed by atoms with Crippen LogP contribution in [0.2, 0.25) is 0 Å². The predicted octanol–water partition coefficient (Wildman–Crippen LogP) is 4.47. The quantitative estimate of drug-likeness (QED) is 0.507. The number of amidine groups is 1. The Morgan fingerprint density at radius 2 is 1.86 bits per heavy atom. The second-order valence-electron chi connectivity index (χ2n) is 10.6. The lowest BCUT2D eigenvalue weighted by Gasteiger charge is -2.33. The second kappa shape index (κ2) is 11.2. The average molecular weight is 525 g/mol. The molecular weight excluding hydrogens is 488 g/mol. The summed E-state index contributed by atoms with van der Waals surface area (Å²) in [4.78, 5) is 19.6. The van der Waals surface area contributed by atoms with Crippen molar-refractivity contribution < 1.29 is 17.9 Å². The number of aromatic nitrogens is 1. The van der Waals surface area contributed by atoms with E-state index >= 15 is 0 Å². The zero-order valence-electron chi connectivity index (χ0n) is 21.3. The Labute approximate surface area is 219 Å².